The van der Waals surface area contributed by atoms with Crippen molar-refractivity contribution in [2.45, 2.75) is 0 Å². The summed E-state index contributed by atoms with van der Waals surface area (Å²) in [5.41, 5.74) is 0. The molecule has 1 aromatic carbocycles. The van der Waals surface area contributed by atoms with Crippen molar-refractivity contribution in [3.63, 3.8) is 0 Å². The minimum absolute atomic E-state index is 0.167. The molecular formula is C8H7FO3. The summed E-state index contributed by atoms with van der Waals surface area (Å²) >= 11 is 0. The van der Waals surface area contributed by atoms with Gasteiger partial charge in [-0.3, -0.25) is 4.79 Å². The van der Waals surface area contributed by atoms with Crippen LogP contribution in [0.2, 0.25) is 0 Å². The molecular weight excluding hydrogens is 163 g/mol. The lowest BCUT2D eigenvalue weighted by molar-refractivity contribution is -0.143. The summed E-state index contributed by atoms with van der Waals surface area (Å²) in [6.07, 6.45) is -0.167. The lowest BCUT2D eigenvalue weighted by Crippen LogP contribution is -1.91. The summed E-state index contributed by atoms with van der Waals surface area (Å²) in [6.45, 7) is 0. The van der Waals surface area contributed by atoms with Crippen LogP contribution >= 0.6 is 0 Å². The number of carbonyl (C=O) groups is 2. The topological polar surface area (TPSA) is 54.4 Å². The fraction of sp³-hybridized carbons (Fsp3) is 0. The van der Waals surface area contributed by atoms with Gasteiger partial charge in [0, 0.05) is 0 Å². The fourth-order valence-electron chi connectivity index (χ4n) is 0.415. The highest BCUT2D eigenvalue weighted by atomic mass is 19.1. The van der Waals surface area contributed by atoms with E-state index in [1.54, 1.807) is 18.2 Å². The number of hydrogen-bond donors (Lipinski definition) is 1. The Morgan fingerprint density at radius 3 is 1.92 bits per heavy atom. The first-order valence-corrected chi connectivity index (χ1v) is 3.05. The van der Waals surface area contributed by atoms with Crippen molar-refractivity contribution in [1.29, 1.82) is 0 Å². The smallest absolute Gasteiger partial charge is 0.368 e. The van der Waals surface area contributed by atoms with E-state index in [-0.39, 0.29) is 12.1 Å². The molecule has 0 unspecified atom stereocenters. The molecule has 1 rings (SSSR count). The van der Waals surface area contributed by atoms with Gasteiger partial charge in [-0.25, -0.2) is 9.18 Å². The summed E-state index contributed by atoms with van der Waals surface area (Å²) < 4.78 is 11.9. The average Bonchev–Trinajstić information content (AvgIpc) is 2.07. The van der Waals surface area contributed by atoms with Crippen molar-refractivity contribution in [2.75, 3.05) is 0 Å². The molecule has 0 spiro atoms. The predicted molar refractivity (Wildman–Crippen MR) is 40.1 cm³/mol. The van der Waals surface area contributed by atoms with Crippen LogP contribution < -0.4 is 0 Å². The molecule has 4 heteroatoms. The summed E-state index contributed by atoms with van der Waals surface area (Å²) in [4.78, 5) is 17.9. The van der Waals surface area contributed by atoms with E-state index in [2.05, 4.69) is 0 Å². The molecule has 0 aliphatic heterocycles. The van der Waals surface area contributed by atoms with Crippen LogP contribution in [0.15, 0.2) is 30.3 Å². The second kappa shape index (κ2) is 6.03. The van der Waals surface area contributed by atoms with E-state index in [4.69, 9.17) is 14.7 Å². The highest BCUT2D eigenvalue weighted by Gasteiger charge is 1.80. The number of carboxylic acid groups (broad SMARTS) is 1. The van der Waals surface area contributed by atoms with Crippen molar-refractivity contribution in [3.8, 4) is 0 Å². The zero-order valence-electron chi connectivity index (χ0n) is 6.11. The molecule has 1 aromatic rings. The molecule has 0 saturated heterocycles. The molecule has 0 amide bonds. The second-order valence-corrected chi connectivity index (χ2v) is 1.75. The van der Waals surface area contributed by atoms with Gasteiger partial charge in [0.15, 0.2) is 0 Å². The van der Waals surface area contributed by atoms with Gasteiger partial charge in [0.1, 0.15) is 5.82 Å². The zero-order valence-corrected chi connectivity index (χ0v) is 6.11. The quantitative estimate of drug-likeness (QED) is 0.507. The third-order valence-electron chi connectivity index (χ3n) is 0.834. The molecule has 0 aliphatic carbocycles. The van der Waals surface area contributed by atoms with E-state index in [1.165, 1.54) is 12.1 Å². The number of benzene rings is 1. The van der Waals surface area contributed by atoms with Gasteiger partial charge in [0.05, 0.1) is 0 Å². The maximum Gasteiger partial charge on any atom is 0.368 e. The molecule has 0 fully saturated rings. The molecule has 0 heterocycles. The number of rotatable bonds is 1. The van der Waals surface area contributed by atoms with Gasteiger partial charge < -0.3 is 5.11 Å². The zero-order chi connectivity index (χ0) is 9.40. The SMILES string of the molecule is Fc1ccccc1.O=CC(=O)O. The lowest BCUT2D eigenvalue weighted by Gasteiger charge is -1.78. The maximum absolute atomic E-state index is 11.9. The van der Waals surface area contributed by atoms with E-state index < -0.39 is 5.97 Å². The van der Waals surface area contributed by atoms with Crippen LogP contribution in [0.3, 0.4) is 0 Å². The average molecular weight is 170 g/mol. The molecule has 0 radical (unpaired) electrons. The first-order chi connectivity index (χ1) is 5.66. The normalized spacial score (nSPS) is 7.75. The van der Waals surface area contributed by atoms with Gasteiger partial charge in [0.2, 0.25) is 6.29 Å². The Morgan fingerprint density at radius 2 is 1.75 bits per heavy atom. The van der Waals surface area contributed by atoms with Crippen LogP contribution in [0.25, 0.3) is 0 Å². The van der Waals surface area contributed by atoms with Gasteiger partial charge in [-0.1, -0.05) is 18.2 Å². The number of halogens is 1. The Morgan fingerprint density at radius 1 is 1.33 bits per heavy atom. The first kappa shape index (κ1) is 10.3. The van der Waals surface area contributed by atoms with Crippen molar-refractivity contribution < 1.29 is 19.1 Å². The second-order valence-electron chi connectivity index (χ2n) is 1.75. The minimum Gasteiger partial charge on any atom is -0.476 e. The number of aliphatic carboxylic acids is 1. The molecule has 64 valence electrons. The molecule has 3 nitrogen and oxygen atoms in total. The Kier molecular flexibility index (Phi) is 5.17. The third kappa shape index (κ3) is 6.41. The Labute approximate surface area is 68.4 Å². The van der Waals surface area contributed by atoms with E-state index in [9.17, 15) is 4.39 Å². The summed E-state index contributed by atoms with van der Waals surface area (Å²) in [5, 5.41) is 7.35. The van der Waals surface area contributed by atoms with Crippen LogP contribution in [0, 0.1) is 5.82 Å². The van der Waals surface area contributed by atoms with Crippen LogP contribution in [0.1, 0.15) is 0 Å². The fourth-order valence-corrected chi connectivity index (χ4v) is 0.415. The monoisotopic (exact) mass is 170 g/mol. The predicted octanol–water partition coefficient (Wildman–Crippen LogP) is 1.10. The number of hydrogen-bond acceptors (Lipinski definition) is 2. The van der Waals surface area contributed by atoms with Gasteiger partial charge in [-0.15, -0.1) is 0 Å². The highest BCUT2D eigenvalue weighted by molar-refractivity contribution is 6.19. The van der Waals surface area contributed by atoms with Crippen LogP contribution in [0.5, 0.6) is 0 Å². The minimum atomic E-state index is -1.43. The van der Waals surface area contributed by atoms with Gasteiger partial charge in [-0.05, 0) is 12.1 Å². The van der Waals surface area contributed by atoms with Gasteiger partial charge in [0.25, 0.3) is 0 Å². The molecule has 12 heavy (non-hydrogen) atoms. The van der Waals surface area contributed by atoms with E-state index >= 15 is 0 Å². The molecule has 0 aromatic heterocycles. The molecule has 0 bridgehead atoms. The molecule has 0 saturated carbocycles. The number of carbonyl (C=O) groups excluding carboxylic acids is 1. The van der Waals surface area contributed by atoms with Crippen LogP contribution in [0.4, 0.5) is 4.39 Å². The Balaban J connectivity index is 0.000000217. The van der Waals surface area contributed by atoms with E-state index in [0.29, 0.717) is 0 Å². The molecule has 0 aliphatic rings. The largest absolute Gasteiger partial charge is 0.476 e. The summed E-state index contributed by atoms with van der Waals surface area (Å²) in [5.74, 6) is -1.60. The van der Waals surface area contributed by atoms with Crippen molar-refractivity contribution >= 4 is 12.3 Å². The number of carboxylic acids is 1. The lowest BCUT2D eigenvalue weighted by atomic mass is 10.4. The molecule has 0 atom stereocenters. The summed E-state index contributed by atoms with van der Waals surface area (Å²) in [7, 11) is 0. The van der Waals surface area contributed by atoms with Crippen molar-refractivity contribution in [1.82, 2.24) is 0 Å². The summed E-state index contributed by atoms with van der Waals surface area (Å²) in [6, 6.07) is 7.94. The van der Waals surface area contributed by atoms with Crippen LogP contribution in [-0.4, -0.2) is 17.4 Å². The standard InChI is InChI=1S/C6H5F.C2H2O3/c7-6-4-2-1-3-5-6;3-1-2(4)5/h1-5H;1H,(H,4,5). The van der Waals surface area contributed by atoms with Gasteiger partial charge >= 0.3 is 5.97 Å². The maximum atomic E-state index is 11.9. The highest BCUT2D eigenvalue weighted by Crippen LogP contribution is 1.91. The van der Waals surface area contributed by atoms with Crippen molar-refractivity contribution in [3.05, 3.63) is 36.1 Å². The van der Waals surface area contributed by atoms with Gasteiger partial charge in [-0.2, -0.15) is 0 Å². The van der Waals surface area contributed by atoms with E-state index in [1.807, 2.05) is 0 Å². The number of aldehydes is 1. The van der Waals surface area contributed by atoms with E-state index in [0.717, 1.165) is 0 Å². The first-order valence-electron chi connectivity index (χ1n) is 3.05. The molecule has 1 N–H and O–H groups in total. The van der Waals surface area contributed by atoms with Crippen LogP contribution in [-0.2, 0) is 9.59 Å². The van der Waals surface area contributed by atoms with Crippen molar-refractivity contribution in [2.24, 2.45) is 0 Å². The third-order valence-corrected chi connectivity index (χ3v) is 0.834. The Bertz CT molecular complexity index is 246. The Hall–Kier alpha value is -1.71.